The van der Waals surface area contributed by atoms with E-state index in [2.05, 4.69) is 11.6 Å². The molecule has 0 amide bonds. The molecule has 40 heavy (non-hydrogen) atoms. The lowest BCUT2D eigenvalue weighted by Crippen LogP contribution is -2.40. The number of hydrogen-bond acceptors (Lipinski definition) is 10. The predicted molar refractivity (Wildman–Crippen MR) is 147 cm³/mol. The summed E-state index contributed by atoms with van der Waals surface area (Å²) >= 11 is 1.15. The van der Waals surface area contributed by atoms with Crippen LogP contribution >= 0.6 is 11.3 Å². The van der Waals surface area contributed by atoms with E-state index in [-0.39, 0.29) is 23.7 Å². The highest BCUT2D eigenvalue weighted by Crippen LogP contribution is 2.36. The van der Waals surface area contributed by atoms with Gasteiger partial charge in [-0.2, -0.15) is 0 Å². The van der Waals surface area contributed by atoms with Crippen molar-refractivity contribution in [2.45, 2.75) is 26.8 Å². The molecule has 0 aliphatic carbocycles. The van der Waals surface area contributed by atoms with E-state index in [1.54, 1.807) is 49.4 Å². The summed E-state index contributed by atoms with van der Waals surface area (Å²) in [5, 5.41) is 0. The van der Waals surface area contributed by atoms with Gasteiger partial charge in [-0.1, -0.05) is 42.2 Å². The molecule has 1 aromatic heterocycles. The molecule has 3 aromatic rings. The highest BCUT2D eigenvalue weighted by molar-refractivity contribution is 7.07. The first-order valence-electron chi connectivity index (χ1n) is 12.1. The summed E-state index contributed by atoms with van der Waals surface area (Å²) in [5.41, 5.74) is 1.30. The molecule has 1 unspecified atom stereocenters. The minimum absolute atomic E-state index is 0.0276. The molecule has 10 nitrogen and oxygen atoms in total. The standard InChI is InChI=1S/C29H26N2O8S/c1-6-12-37-28(35)25-16(2)30-29-31(26(25)20-10-11-22(39-18(4)33)23(15-20)36-5)27(34)24(40-29)14-19-8-7-9-21(13-19)38-17(3)32/h6-11,13-15,26H,1,12H2,2-5H3. The Balaban J connectivity index is 1.91. The van der Waals surface area contributed by atoms with E-state index in [1.807, 2.05) is 0 Å². The molecule has 0 saturated heterocycles. The number of ether oxygens (including phenoxy) is 4. The summed E-state index contributed by atoms with van der Waals surface area (Å²) in [7, 11) is 1.42. The maximum Gasteiger partial charge on any atom is 0.338 e. The van der Waals surface area contributed by atoms with Crippen LogP contribution in [0.25, 0.3) is 6.08 Å². The quantitative estimate of drug-likeness (QED) is 0.233. The Kier molecular flexibility index (Phi) is 8.44. The lowest BCUT2D eigenvalue weighted by molar-refractivity contribution is -0.138. The summed E-state index contributed by atoms with van der Waals surface area (Å²) in [6, 6.07) is 10.6. The predicted octanol–water partition coefficient (Wildman–Crippen LogP) is 2.82. The molecule has 0 spiro atoms. The van der Waals surface area contributed by atoms with Crippen molar-refractivity contribution in [2.75, 3.05) is 13.7 Å². The van der Waals surface area contributed by atoms with Gasteiger partial charge < -0.3 is 18.9 Å². The monoisotopic (exact) mass is 562 g/mol. The first kappa shape index (κ1) is 28.2. The van der Waals surface area contributed by atoms with Gasteiger partial charge in [-0.3, -0.25) is 19.0 Å². The van der Waals surface area contributed by atoms with E-state index >= 15 is 0 Å². The fourth-order valence-corrected chi connectivity index (χ4v) is 5.24. The van der Waals surface area contributed by atoms with Gasteiger partial charge in [0.1, 0.15) is 12.4 Å². The van der Waals surface area contributed by atoms with Crippen LogP contribution in [0.3, 0.4) is 0 Å². The molecule has 0 bridgehead atoms. The molecule has 2 aromatic carbocycles. The summed E-state index contributed by atoms with van der Waals surface area (Å²) in [5.74, 6) is -0.868. The Morgan fingerprint density at radius 2 is 1.82 bits per heavy atom. The SMILES string of the molecule is C=CCOC(=O)C1=C(C)N=c2sc(=Cc3cccc(OC(C)=O)c3)c(=O)n2C1c1ccc(OC(C)=O)c(OC)c1. The van der Waals surface area contributed by atoms with Gasteiger partial charge in [0.05, 0.1) is 29.0 Å². The van der Waals surface area contributed by atoms with Gasteiger partial charge in [0.2, 0.25) is 0 Å². The number of carbonyl (C=O) groups is 3. The number of esters is 3. The number of hydrogen-bond donors (Lipinski definition) is 0. The maximum atomic E-state index is 13.8. The van der Waals surface area contributed by atoms with Gasteiger partial charge >= 0.3 is 17.9 Å². The van der Waals surface area contributed by atoms with Crippen molar-refractivity contribution >= 4 is 35.3 Å². The number of carbonyl (C=O) groups excluding carboxylic acids is 3. The Labute approximate surface area is 233 Å². The van der Waals surface area contributed by atoms with Gasteiger partial charge in [-0.25, -0.2) is 9.79 Å². The van der Waals surface area contributed by atoms with Gasteiger partial charge in [0.25, 0.3) is 5.56 Å². The van der Waals surface area contributed by atoms with Crippen LogP contribution in [0.15, 0.2) is 76.2 Å². The molecule has 0 N–H and O–H groups in total. The normalized spacial score (nSPS) is 14.6. The molecule has 0 radical (unpaired) electrons. The number of benzene rings is 2. The third-order valence-corrected chi connectivity index (χ3v) is 6.73. The Bertz CT molecular complexity index is 1730. The molecular weight excluding hydrogens is 536 g/mol. The lowest BCUT2D eigenvalue weighted by atomic mass is 9.95. The molecule has 1 atom stereocenters. The van der Waals surface area contributed by atoms with Crippen molar-refractivity contribution in [2.24, 2.45) is 4.99 Å². The van der Waals surface area contributed by atoms with E-state index in [0.29, 0.717) is 31.9 Å². The first-order chi connectivity index (χ1) is 19.1. The second-order valence-corrected chi connectivity index (χ2v) is 9.65. The third kappa shape index (κ3) is 5.94. The lowest BCUT2D eigenvalue weighted by Gasteiger charge is -2.25. The van der Waals surface area contributed by atoms with Crippen LogP contribution in [0.5, 0.6) is 17.2 Å². The van der Waals surface area contributed by atoms with Gasteiger partial charge in [-0.05, 0) is 48.4 Å². The van der Waals surface area contributed by atoms with E-state index in [0.717, 1.165) is 11.3 Å². The third-order valence-electron chi connectivity index (χ3n) is 5.75. The molecule has 1 aliphatic rings. The number of aromatic nitrogens is 1. The Morgan fingerprint density at radius 3 is 2.50 bits per heavy atom. The van der Waals surface area contributed by atoms with Crippen molar-refractivity contribution in [3.05, 3.63) is 97.2 Å². The van der Waals surface area contributed by atoms with Crippen LogP contribution < -0.4 is 29.1 Å². The van der Waals surface area contributed by atoms with Crippen molar-refractivity contribution in [1.29, 1.82) is 0 Å². The van der Waals surface area contributed by atoms with Crippen LogP contribution in [-0.4, -0.2) is 36.2 Å². The molecule has 206 valence electrons. The first-order valence-corrected chi connectivity index (χ1v) is 12.9. The van der Waals surface area contributed by atoms with Crippen LogP contribution in [-0.2, 0) is 19.1 Å². The van der Waals surface area contributed by atoms with E-state index in [4.69, 9.17) is 18.9 Å². The van der Waals surface area contributed by atoms with Gasteiger partial charge in [0.15, 0.2) is 16.3 Å². The summed E-state index contributed by atoms with van der Waals surface area (Å²) in [4.78, 5) is 54.9. The Morgan fingerprint density at radius 1 is 1.07 bits per heavy atom. The summed E-state index contributed by atoms with van der Waals surface area (Å²) in [6.07, 6.45) is 3.10. The smallest absolute Gasteiger partial charge is 0.338 e. The zero-order valence-corrected chi connectivity index (χ0v) is 23.1. The van der Waals surface area contributed by atoms with Crippen molar-refractivity contribution in [3.63, 3.8) is 0 Å². The van der Waals surface area contributed by atoms with Crippen molar-refractivity contribution in [1.82, 2.24) is 4.57 Å². The molecule has 11 heteroatoms. The van der Waals surface area contributed by atoms with Gasteiger partial charge in [0, 0.05) is 13.8 Å². The average Bonchev–Trinajstić information content (AvgIpc) is 3.20. The van der Waals surface area contributed by atoms with Gasteiger partial charge in [-0.15, -0.1) is 0 Å². The minimum Gasteiger partial charge on any atom is -0.493 e. The fourth-order valence-electron chi connectivity index (χ4n) is 4.19. The second kappa shape index (κ2) is 12.0. The van der Waals surface area contributed by atoms with Crippen LogP contribution in [0.1, 0.15) is 37.9 Å². The number of fused-ring (bicyclic) bond motifs is 1. The average molecular weight is 563 g/mol. The van der Waals surface area contributed by atoms with Crippen LogP contribution in [0, 0.1) is 0 Å². The zero-order valence-electron chi connectivity index (χ0n) is 22.3. The number of allylic oxidation sites excluding steroid dienone is 1. The number of rotatable bonds is 8. The van der Waals surface area contributed by atoms with E-state index < -0.39 is 29.5 Å². The van der Waals surface area contributed by atoms with E-state index in [9.17, 15) is 19.2 Å². The molecule has 0 saturated carbocycles. The van der Waals surface area contributed by atoms with E-state index in [1.165, 1.54) is 37.7 Å². The largest absolute Gasteiger partial charge is 0.493 e. The molecule has 2 heterocycles. The summed E-state index contributed by atoms with van der Waals surface area (Å²) in [6.45, 7) is 7.80. The van der Waals surface area contributed by atoms with Crippen molar-refractivity contribution in [3.8, 4) is 17.2 Å². The molecular formula is C29H26N2O8S. The van der Waals surface area contributed by atoms with Crippen LogP contribution in [0.2, 0.25) is 0 Å². The number of thiazole rings is 1. The minimum atomic E-state index is -0.914. The number of nitrogens with zero attached hydrogens (tertiary/aromatic N) is 2. The highest BCUT2D eigenvalue weighted by atomic mass is 32.1. The summed E-state index contributed by atoms with van der Waals surface area (Å²) < 4.78 is 22.9. The highest BCUT2D eigenvalue weighted by Gasteiger charge is 2.34. The Hall–Kier alpha value is -4.77. The molecule has 4 rings (SSSR count). The second-order valence-electron chi connectivity index (χ2n) is 8.64. The maximum absolute atomic E-state index is 13.8. The zero-order chi connectivity index (χ0) is 29.0. The van der Waals surface area contributed by atoms with Crippen LogP contribution in [0.4, 0.5) is 0 Å². The molecule has 0 fully saturated rings. The topological polar surface area (TPSA) is 122 Å². The van der Waals surface area contributed by atoms with Crippen molar-refractivity contribution < 1.29 is 33.3 Å². The number of methoxy groups -OCH3 is 1. The molecule has 1 aliphatic heterocycles. The fraction of sp³-hybridized carbons (Fsp3) is 0.207.